The van der Waals surface area contributed by atoms with E-state index in [1.807, 2.05) is 6.08 Å². The molecule has 5 heterocycles. The van der Waals surface area contributed by atoms with Gasteiger partial charge in [-0.15, -0.1) is 40.4 Å². The predicted molar refractivity (Wildman–Crippen MR) is 174 cm³/mol. The van der Waals surface area contributed by atoms with Gasteiger partial charge in [-0.1, -0.05) is 12.2 Å². The number of carboxylic acid groups (broad SMARTS) is 1. The van der Waals surface area contributed by atoms with Crippen molar-refractivity contribution in [2.45, 2.75) is 29.0 Å². The Labute approximate surface area is 274 Å². The molecule has 6 aliphatic rings. The summed E-state index contributed by atoms with van der Waals surface area (Å²) in [5.74, 6) is 0.417. The minimum absolute atomic E-state index is 0.0394. The first kappa shape index (κ1) is 31.5. The topological polar surface area (TPSA) is 192 Å². The average molecular weight is 693 g/mol. The van der Waals surface area contributed by atoms with Crippen molar-refractivity contribution in [2.75, 3.05) is 36.6 Å². The second-order valence-corrected chi connectivity index (χ2v) is 14.8. The first-order valence-corrected chi connectivity index (χ1v) is 17.8. The Bertz CT molecular complexity index is 1510. The third kappa shape index (κ3) is 6.60. The number of hydrazone groups is 1. The molecular weight excluding hydrogens is 665 g/mol. The van der Waals surface area contributed by atoms with Crippen LogP contribution in [0.1, 0.15) is 12.8 Å². The number of aliphatic carboxylic acids is 1. The van der Waals surface area contributed by atoms with Crippen LogP contribution in [-0.4, -0.2) is 125 Å². The molecule has 45 heavy (non-hydrogen) atoms. The number of hydrogen-bond acceptors (Lipinski definition) is 14. The molecule has 5 aliphatic heterocycles. The van der Waals surface area contributed by atoms with Crippen molar-refractivity contribution < 1.29 is 29.1 Å². The second-order valence-electron chi connectivity index (χ2n) is 10.1. The van der Waals surface area contributed by atoms with E-state index < -0.39 is 41.3 Å². The average Bonchev–Trinajstić information content (AvgIpc) is 3.78. The number of amides is 6. The molecule has 0 spiro atoms. The molecule has 2 saturated heterocycles. The molecule has 1 aliphatic carbocycles. The van der Waals surface area contributed by atoms with Crippen molar-refractivity contribution in [3.05, 3.63) is 34.7 Å². The lowest BCUT2D eigenvalue weighted by Crippen LogP contribution is -2.70. The first-order valence-electron chi connectivity index (χ1n) is 13.7. The van der Waals surface area contributed by atoms with Crippen LogP contribution in [0, 0.1) is 0 Å². The zero-order valence-electron chi connectivity index (χ0n) is 23.7. The number of nitrogens with one attached hydrogen (secondary N) is 3. The number of hydrazine groups is 2. The van der Waals surface area contributed by atoms with E-state index in [0.29, 0.717) is 40.5 Å². The third-order valence-electron chi connectivity index (χ3n) is 7.22. The van der Waals surface area contributed by atoms with Crippen LogP contribution in [0.15, 0.2) is 49.8 Å². The Morgan fingerprint density at radius 2 is 2.02 bits per heavy atom. The Morgan fingerprint density at radius 3 is 2.71 bits per heavy atom. The maximum atomic E-state index is 13.3. The maximum absolute atomic E-state index is 13.3. The van der Waals surface area contributed by atoms with Crippen molar-refractivity contribution in [3.8, 4) is 0 Å². The SMILES string of the molecule is CN1NN=CN1SCC1=C(C(=O)O)N2C(=O)C(NC(=O)CC3=C(NC(=O)N4CC=NC4=O)C(=NC4SCCS4)CC=C3)[C@@H]2SC1. The standard InChI is InChI=1S/C25H28N10O6S4/c1-32-31-27-12-34(32)45-11-14-10-44-21-18(20(37)35(21)19(14)22(38)39)29-16(36)9-13-3-2-4-15(28-25-42-7-8-43-25)17(13)30-24(41)33-6-5-26-23(33)40/h2-3,5,12,18,21,25,31H,4,6-11H2,1H3,(H,29,36)(H,30,41)(H,38,39)/t18?,21-/m0/s1. The van der Waals surface area contributed by atoms with Gasteiger partial charge in [0, 0.05) is 42.7 Å². The highest BCUT2D eigenvalue weighted by molar-refractivity contribution is 8.20. The number of hydrogen-bond donors (Lipinski definition) is 4. The highest BCUT2D eigenvalue weighted by Crippen LogP contribution is 2.41. The number of carboxylic acids is 1. The minimum Gasteiger partial charge on any atom is -0.477 e. The number of carbonyl (C=O) groups excluding carboxylic acids is 4. The summed E-state index contributed by atoms with van der Waals surface area (Å²) >= 11 is 6.08. The van der Waals surface area contributed by atoms with Gasteiger partial charge in [-0.3, -0.25) is 19.5 Å². The lowest BCUT2D eigenvalue weighted by Gasteiger charge is -2.49. The number of nitrogens with zero attached hydrogens (tertiary/aromatic N) is 7. The van der Waals surface area contributed by atoms with Crippen molar-refractivity contribution in [1.29, 1.82) is 0 Å². The molecule has 0 bridgehead atoms. The van der Waals surface area contributed by atoms with Crippen molar-refractivity contribution >= 4 is 95.3 Å². The van der Waals surface area contributed by atoms with Gasteiger partial charge >= 0.3 is 18.0 Å². The largest absolute Gasteiger partial charge is 0.477 e. The van der Waals surface area contributed by atoms with Crippen LogP contribution in [0.4, 0.5) is 9.59 Å². The highest BCUT2D eigenvalue weighted by atomic mass is 32.2. The van der Waals surface area contributed by atoms with E-state index in [1.165, 1.54) is 34.8 Å². The van der Waals surface area contributed by atoms with Crippen LogP contribution in [0.3, 0.4) is 0 Å². The summed E-state index contributed by atoms with van der Waals surface area (Å²) in [6.07, 6.45) is 6.73. The Morgan fingerprint density at radius 1 is 1.22 bits per heavy atom. The molecule has 6 rings (SSSR count). The minimum atomic E-state index is -1.21. The van der Waals surface area contributed by atoms with Gasteiger partial charge in [0.1, 0.15) is 28.2 Å². The number of urea groups is 2. The highest BCUT2D eigenvalue weighted by Gasteiger charge is 2.54. The first-order chi connectivity index (χ1) is 21.7. The zero-order chi connectivity index (χ0) is 31.7. The van der Waals surface area contributed by atoms with Crippen LogP contribution in [-0.2, 0) is 14.4 Å². The molecule has 6 amide bonds. The number of rotatable bonds is 9. The van der Waals surface area contributed by atoms with E-state index in [-0.39, 0.29) is 23.4 Å². The van der Waals surface area contributed by atoms with E-state index in [1.54, 1.807) is 52.5 Å². The molecule has 2 atom stereocenters. The smallest absolute Gasteiger partial charge is 0.352 e. The molecule has 16 nitrogen and oxygen atoms in total. The van der Waals surface area contributed by atoms with Gasteiger partial charge < -0.3 is 15.7 Å². The fourth-order valence-electron chi connectivity index (χ4n) is 5.08. The van der Waals surface area contributed by atoms with Crippen LogP contribution < -0.4 is 16.2 Å². The Kier molecular flexibility index (Phi) is 9.45. The van der Waals surface area contributed by atoms with E-state index in [0.717, 1.165) is 16.4 Å². The van der Waals surface area contributed by atoms with Crippen LogP contribution in [0.2, 0.25) is 0 Å². The number of imide groups is 1. The molecule has 20 heteroatoms. The van der Waals surface area contributed by atoms with Gasteiger partial charge in [0.15, 0.2) is 0 Å². The Hall–Kier alpha value is -3.46. The summed E-state index contributed by atoms with van der Waals surface area (Å²) in [6.45, 7) is 0.0394. The number of β-lactam (4-membered cyclic amide) rings is 1. The van der Waals surface area contributed by atoms with Gasteiger partial charge in [0.05, 0.1) is 24.4 Å². The summed E-state index contributed by atoms with van der Waals surface area (Å²) in [5, 5.41) is 20.5. The molecule has 0 aromatic heterocycles. The molecule has 0 radical (unpaired) electrons. The summed E-state index contributed by atoms with van der Waals surface area (Å²) < 4.78 is 1.65. The van der Waals surface area contributed by atoms with Crippen molar-refractivity contribution in [1.82, 2.24) is 35.5 Å². The van der Waals surface area contributed by atoms with E-state index in [9.17, 15) is 29.1 Å². The summed E-state index contributed by atoms with van der Waals surface area (Å²) in [6, 6.07) is -2.26. The lowest BCUT2D eigenvalue weighted by molar-refractivity contribution is -0.150. The summed E-state index contributed by atoms with van der Waals surface area (Å²) in [7, 11) is 1.76. The fourth-order valence-corrected chi connectivity index (χ4v) is 9.94. The number of allylic oxidation sites excluding steroid dienone is 3. The van der Waals surface area contributed by atoms with Gasteiger partial charge in [0.2, 0.25) is 5.91 Å². The maximum Gasteiger partial charge on any atom is 0.352 e. The Balaban J connectivity index is 1.15. The molecule has 0 aromatic carbocycles. The number of carbonyl (C=O) groups is 5. The molecule has 1 unspecified atom stereocenters. The molecule has 2 fully saturated rings. The zero-order valence-corrected chi connectivity index (χ0v) is 27.0. The molecular formula is C25H28N10O6S4. The van der Waals surface area contributed by atoms with Crippen LogP contribution in [0.5, 0.6) is 0 Å². The van der Waals surface area contributed by atoms with Gasteiger partial charge in [-0.05, 0) is 23.1 Å². The van der Waals surface area contributed by atoms with E-state index in [4.69, 9.17) is 4.99 Å². The van der Waals surface area contributed by atoms with Crippen molar-refractivity contribution in [2.24, 2.45) is 15.1 Å². The molecule has 0 aromatic rings. The van der Waals surface area contributed by atoms with Gasteiger partial charge in [-0.25, -0.2) is 34.2 Å². The third-order valence-corrected chi connectivity index (χ3v) is 12.4. The fraction of sp³-hybridized carbons (Fsp3) is 0.440. The molecule has 4 N–H and O–H groups in total. The van der Waals surface area contributed by atoms with Gasteiger partial charge in [0.25, 0.3) is 5.91 Å². The molecule has 238 valence electrons. The monoisotopic (exact) mass is 692 g/mol. The quantitative estimate of drug-likeness (QED) is 0.198. The van der Waals surface area contributed by atoms with Crippen LogP contribution in [0.25, 0.3) is 0 Å². The van der Waals surface area contributed by atoms with E-state index in [2.05, 4.69) is 26.3 Å². The molecule has 0 saturated carbocycles. The normalized spacial score (nSPS) is 25.8. The van der Waals surface area contributed by atoms with Gasteiger partial charge in [-0.2, -0.15) is 5.10 Å². The van der Waals surface area contributed by atoms with Crippen LogP contribution >= 0.6 is 47.2 Å². The second kappa shape index (κ2) is 13.5. The van der Waals surface area contributed by atoms with E-state index >= 15 is 0 Å². The number of thioether (sulfide) groups is 3. The lowest BCUT2D eigenvalue weighted by atomic mass is 9.97. The van der Waals surface area contributed by atoms with Crippen molar-refractivity contribution in [3.63, 3.8) is 0 Å². The number of aliphatic imine (C=N–C) groups is 2. The predicted octanol–water partition coefficient (Wildman–Crippen LogP) is 1.01. The summed E-state index contributed by atoms with van der Waals surface area (Å²) in [4.78, 5) is 74.4. The number of fused-ring (bicyclic) bond motifs is 1. The summed E-state index contributed by atoms with van der Waals surface area (Å²) in [5.41, 5.74) is 4.66.